The van der Waals surface area contributed by atoms with Gasteiger partial charge in [0.25, 0.3) is 11.8 Å². The van der Waals surface area contributed by atoms with Gasteiger partial charge >= 0.3 is 6.61 Å². The molecule has 0 aromatic heterocycles. The first-order valence-electron chi connectivity index (χ1n) is 7.96. The number of carbonyl (C=O) groups excluding carboxylic acids is 2. The fourth-order valence-corrected chi connectivity index (χ4v) is 2.09. The lowest BCUT2D eigenvalue weighted by Crippen LogP contribution is -2.40. The maximum atomic E-state index is 12.1. The van der Waals surface area contributed by atoms with Gasteiger partial charge in [0, 0.05) is 31.4 Å². The van der Waals surface area contributed by atoms with Crippen molar-refractivity contribution >= 4 is 23.6 Å². The van der Waals surface area contributed by atoms with Crippen LogP contribution in [0.5, 0.6) is 5.75 Å². The molecule has 0 saturated heterocycles. The SMILES string of the molecule is CN(C)c1cccc(C(=O)NNC(=O)/C=C/c2ccc(OC(F)F)cc2)c1. The predicted molar refractivity (Wildman–Crippen MR) is 98.5 cm³/mol. The first-order chi connectivity index (χ1) is 12.8. The summed E-state index contributed by atoms with van der Waals surface area (Å²) >= 11 is 0. The standard InChI is InChI=1S/C19H19F2N3O3/c1-24(2)15-5-3-4-14(12-15)18(26)23-22-17(25)11-8-13-6-9-16(10-7-13)27-19(20)21/h3-12,19H,1-2H3,(H,22,25)(H,23,26)/b11-8+. The largest absolute Gasteiger partial charge is 0.435 e. The molecule has 0 aliphatic heterocycles. The minimum absolute atomic E-state index is 0.0267. The van der Waals surface area contributed by atoms with Crippen molar-refractivity contribution in [2.24, 2.45) is 0 Å². The highest BCUT2D eigenvalue weighted by Gasteiger charge is 2.07. The van der Waals surface area contributed by atoms with Crippen molar-refractivity contribution in [3.8, 4) is 5.75 Å². The molecule has 27 heavy (non-hydrogen) atoms. The van der Waals surface area contributed by atoms with Gasteiger partial charge in [-0.1, -0.05) is 18.2 Å². The van der Waals surface area contributed by atoms with Gasteiger partial charge in [-0.2, -0.15) is 8.78 Å². The molecule has 0 bridgehead atoms. The number of hydrazine groups is 1. The van der Waals surface area contributed by atoms with E-state index in [4.69, 9.17) is 0 Å². The summed E-state index contributed by atoms with van der Waals surface area (Å²) in [4.78, 5) is 25.7. The highest BCUT2D eigenvalue weighted by molar-refractivity contribution is 5.98. The van der Waals surface area contributed by atoms with Crippen LogP contribution in [0.25, 0.3) is 6.08 Å². The lowest BCUT2D eigenvalue weighted by Gasteiger charge is -2.13. The Balaban J connectivity index is 1.87. The Kier molecular flexibility index (Phi) is 6.87. The third-order valence-corrected chi connectivity index (χ3v) is 3.46. The fourth-order valence-electron chi connectivity index (χ4n) is 2.09. The highest BCUT2D eigenvalue weighted by Crippen LogP contribution is 2.15. The van der Waals surface area contributed by atoms with Crippen LogP contribution in [0.15, 0.2) is 54.6 Å². The van der Waals surface area contributed by atoms with Crippen molar-refractivity contribution < 1.29 is 23.1 Å². The molecule has 2 amide bonds. The third kappa shape index (κ3) is 6.43. The molecule has 0 heterocycles. The van der Waals surface area contributed by atoms with Crippen molar-refractivity contribution in [3.63, 3.8) is 0 Å². The average molecular weight is 375 g/mol. The van der Waals surface area contributed by atoms with Crippen molar-refractivity contribution in [1.82, 2.24) is 10.9 Å². The van der Waals surface area contributed by atoms with E-state index in [9.17, 15) is 18.4 Å². The highest BCUT2D eigenvalue weighted by atomic mass is 19.3. The summed E-state index contributed by atoms with van der Waals surface area (Å²) in [5, 5.41) is 0. The van der Waals surface area contributed by atoms with E-state index in [1.807, 2.05) is 25.1 Å². The van der Waals surface area contributed by atoms with Gasteiger partial charge in [0.15, 0.2) is 0 Å². The minimum atomic E-state index is -2.89. The van der Waals surface area contributed by atoms with Crippen LogP contribution in [0.1, 0.15) is 15.9 Å². The smallest absolute Gasteiger partial charge is 0.387 e. The van der Waals surface area contributed by atoms with E-state index in [0.717, 1.165) is 5.69 Å². The number of benzene rings is 2. The summed E-state index contributed by atoms with van der Waals surface area (Å²) in [6, 6.07) is 12.7. The molecular weight excluding hydrogens is 356 g/mol. The maximum absolute atomic E-state index is 12.1. The van der Waals surface area contributed by atoms with Crippen LogP contribution >= 0.6 is 0 Å². The number of halogens is 2. The van der Waals surface area contributed by atoms with Gasteiger partial charge in [-0.05, 0) is 42.0 Å². The topological polar surface area (TPSA) is 70.7 Å². The van der Waals surface area contributed by atoms with Gasteiger partial charge in [0.1, 0.15) is 5.75 Å². The van der Waals surface area contributed by atoms with Crippen LogP contribution in [-0.2, 0) is 4.79 Å². The molecule has 0 aliphatic carbocycles. The Morgan fingerprint density at radius 2 is 1.78 bits per heavy atom. The molecule has 2 aromatic rings. The molecule has 0 radical (unpaired) electrons. The number of rotatable bonds is 6. The summed E-state index contributed by atoms with van der Waals surface area (Å²) < 4.78 is 28.4. The van der Waals surface area contributed by atoms with Gasteiger partial charge in [0.05, 0.1) is 0 Å². The molecule has 0 fully saturated rings. The number of alkyl halides is 2. The Bertz CT molecular complexity index is 821. The molecule has 0 spiro atoms. The second-order valence-corrected chi connectivity index (χ2v) is 5.67. The molecule has 142 valence electrons. The average Bonchev–Trinajstić information content (AvgIpc) is 2.65. The quantitative estimate of drug-likeness (QED) is 0.602. The van der Waals surface area contributed by atoms with Crippen molar-refractivity contribution in [1.29, 1.82) is 0 Å². The van der Waals surface area contributed by atoms with Crippen LogP contribution in [0, 0.1) is 0 Å². The number of carbonyl (C=O) groups is 2. The Hall–Kier alpha value is -3.42. The van der Waals surface area contributed by atoms with E-state index in [1.165, 1.54) is 36.4 Å². The molecule has 2 rings (SSSR count). The van der Waals surface area contributed by atoms with Crippen LogP contribution < -0.4 is 20.5 Å². The number of nitrogens with one attached hydrogen (secondary N) is 2. The van der Waals surface area contributed by atoms with Crippen LogP contribution in [0.2, 0.25) is 0 Å². The lowest BCUT2D eigenvalue weighted by atomic mass is 10.2. The monoisotopic (exact) mass is 375 g/mol. The summed E-state index contributed by atoms with van der Waals surface area (Å²) in [6.45, 7) is -2.89. The zero-order valence-electron chi connectivity index (χ0n) is 14.8. The lowest BCUT2D eigenvalue weighted by molar-refractivity contribution is -0.117. The minimum Gasteiger partial charge on any atom is -0.435 e. The Labute approximate surface area is 155 Å². The molecule has 0 saturated carbocycles. The van der Waals surface area contributed by atoms with Gasteiger partial charge in [-0.25, -0.2) is 0 Å². The number of hydrogen-bond donors (Lipinski definition) is 2. The van der Waals surface area contributed by atoms with Gasteiger partial charge in [0.2, 0.25) is 0 Å². The van der Waals surface area contributed by atoms with Gasteiger partial charge in [-0.15, -0.1) is 0 Å². The Morgan fingerprint density at radius 1 is 1.07 bits per heavy atom. The van der Waals surface area contributed by atoms with E-state index in [-0.39, 0.29) is 5.75 Å². The molecule has 0 atom stereocenters. The maximum Gasteiger partial charge on any atom is 0.387 e. The molecule has 2 aromatic carbocycles. The van der Waals surface area contributed by atoms with Crippen molar-refractivity contribution in [2.45, 2.75) is 6.61 Å². The first kappa shape index (κ1) is 19.9. The number of hydrogen-bond acceptors (Lipinski definition) is 4. The van der Waals surface area contributed by atoms with Crippen molar-refractivity contribution in [2.75, 3.05) is 19.0 Å². The van der Waals surface area contributed by atoms with Crippen LogP contribution in [0.4, 0.5) is 14.5 Å². The zero-order chi connectivity index (χ0) is 19.8. The van der Waals surface area contributed by atoms with Gasteiger partial charge in [-0.3, -0.25) is 20.4 Å². The zero-order valence-corrected chi connectivity index (χ0v) is 14.8. The number of ether oxygens (including phenoxy) is 1. The summed E-state index contributed by atoms with van der Waals surface area (Å²) in [5.41, 5.74) is 6.46. The molecule has 8 heteroatoms. The molecule has 6 nitrogen and oxygen atoms in total. The molecule has 0 unspecified atom stereocenters. The van der Waals surface area contributed by atoms with Crippen molar-refractivity contribution in [3.05, 3.63) is 65.7 Å². The van der Waals surface area contributed by atoms with Gasteiger partial charge < -0.3 is 9.64 Å². The molecule has 0 aliphatic rings. The Morgan fingerprint density at radius 3 is 2.41 bits per heavy atom. The van der Waals surface area contributed by atoms with E-state index in [2.05, 4.69) is 15.6 Å². The molecule has 2 N–H and O–H groups in total. The van der Waals surface area contributed by atoms with Crippen LogP contribution in [0.3, 0.4) is 0 Å². The second kappa shape index (κ2) is 9.33. The third-order valence-electron chi connectivity index (χ3n) is 3.46. The number of nitrogens with zero attached hydrogens (tertiary/aromatic N) is 1. The summed E-state index contributed by atoms with van der Waals surface area (Å²) in [6.07, 6.45) is 2.68. The number of anilines is 1. The summed E-state index contributed by atoms with van der Waals surface area (Å²) in [7, 11) is 3.71. The van der Waals surface area contributed by atoms with Crippen LogP contribution in [-0.4, -0.2) is 32.5 Å². The fraction of sp³-hybridized carbons (Fsp3) is 0.158. The molecular formula is C19H19F2N3O3. The first-order valence-corrected chi connectivity index (χ1v) is 7.96. The van der Waals surface area contributed by atoms with E-state index < -0.39 is 18.4 Å². The van der Waals surface area contributed by atoms with E-state index in [0.29, 0.717) is 11.1 Å². The number of amides is 2. The predicted octanol–water partition coefficient (Wildman–Crippen LogP) is 2.83. The van der Waals surface area contributed by atoms with E-state index in [1.54, 1.807) is 18.2 Å². The second-order valence-electron chi connectivity index (χ2n) is 5.67. The summed E-state index contributed by atoms with van der Waals surface area (Å²) in [5.74, 6) is -0.965. The van der Waals surface area contributed by atoms with E-state index >= 15 is 0 Å². The normalized spacial score (nSPS) is 10.7.